The van der Waals surface area contributed by atoms with Gasteiger partial charge in [-0.25, -0.2) is 9.59 Å². The van der Waals surface area contributed by atoms with E-state index in [0.717, 1.165) is 24.0 Å². The minimum Gasteiger partial charge on any atom is -0.459 e. The summed E-state index contributed by atoms with van der Waals surface area (Å²) in [4.78, 5) is 39.8. The third-order valence-electron chi connectivity index (χ3n) is 5.67. The van der Waals surface area contributed by atoms with E-state index < -0.39 is 24.1 Å². The number of nitrogens with one attached hydrogen (secondary N) is 1. The normalized spacial score (nSPS) is 16.2. The molecule has 2 aromatic rings. The Labute approximate surface area is 195 Å². The molecule has 1 heterocycles. The number of ether oxygens (including phenoxy) is 2. The van der Waals surface area contributed by atoms with Crippen LogP contribution in [0.1, 0.15) is 50.2 Å². The smallest absolute Gasteiger partial charge is 0.410 e. The highest BCUT2D eigenvalue weighted by molar-refractivity contribution is 5.90. The van der Waals surface area contributed by atoms with Crippen molar-refractivity contribution in [3.05, 3.63) is 71.8 Å². The largest absolute Gasteiger partial charge is 0.459 e. The van der Waals surface area contributed by atoms with E-state index >= 15 is 0 Å². The molecule has 0 aliphatic carbocycles. The average Bonchev–Trinajstić information content (AvgIpc) is 3.35. The molecular formula is C26H32N2O5. The van der Waals surface area contributed by atoms with Crippen molar-refractivity contribution in [3.8, 4) is 0 Å². The zero-order chi connectivity index (χ0) is 23.5. The van der Waals surface area contributed by atoms with Crippen molar-refractivity contribution in [2.24, 2.45) is 0 Å². The number of carbonyl (C=O) groups excluding carboxylic acids is 3. The Bertz CT molecular complexity index is 903. The third kappa shape index (κ3) is 7.34. The molecule has 0 unspecified atom stereocenters. The summed E-state index contributed by atoms with van der Waals surface area (Å²) in [6, 6.07) is 17.4. The minimum absolute atomic E-state index is 0.148. The van der Waals surface area contributed by atoms with Crippen molar-refractivity contribution in [3.63, 3.8) is 0 Å². The molecule has 1 saturated heterocycles. The molecule has 0 aromatic heterocycles. The summed E-state index contributed by atoms with van der Waals surface area (Å²) < 4.78 is 10.9. The molecule has 1 aliphatic rings. The van der Waals surface area contributed by atoms with Gasteiger partial charge in [0.15, 0.2) is 0 Å². The highest BCUT2D eigenvalue weighted by Gasteiger charge is 2.37. The SMILES string of the molecule is CCCC[C@H](NC(=O)[C@H]1CCCN1C(=O)OCc1ccccc1)C(=O)OCc1ccccc1. The number of hydrogen-bond acceptors (Lipinski definition) is 5. The number of carbonyl (C=O) groups is 3. The van der Waals surface area contributed by atoms with Gasteiger partial charge in [0.2, 0.25) is 5.91 Å². The summed E-state index contributed by atoms with van der Waals surface area (Å²) in [7, 11) is 0. The topological polar surface area (TPSA) is 84.9 Å². The summed E-state index contributed by atoms with van der Waals surface area (Å²) in [5.41, 5.74) is 1.77. The van der Waals surface area contributed by atoms with E-state index in [1.54, 1.807) is 0 Å². The molecule has 1 aliphatic heterocycles. The fourth-order valence-electron chi connectivity index (χ4n) is 3.81. The minimum atomic E-state index is -0.746. The number of esters is 1. The molecule has 0 saturated carbocycles. The lowest BCUT2D eigenvalue weighted by Crippen LogP contribution is -2.51. The molecule has 1 N–H and O–H groups in total. The van der Waals surface area contributed by atoms with Crippen molar-refractivity contribution in [1.29, 1.82) is 0 Å². The highest BCUT2D eigenvalue weighted by atomic mass is 16.6. The molecule has 2 amide bonds. The van der Waals surface area contributed by atoms with Gasteiger partial charge >= 0.3 is 12.1 Å². The molecule has 1 fully saturated rings. The standard InChI is InChI=1S/C26H32N2O5/c1-2-3-15-22(25(30)32-18-20-11-6-4-7-12-20)27-24(29)23-16-10-17-28(23)26(31)33-19-21-13-8-5-9-14-21/h4-9,11-14,22-23H,2-3,10,15-19H2,1H3,(H,27,29)/t22-,23+/m0/s1. The number of amides is 2. The number of unbranched alkanes of at least 4 members (excludes halogenated alkanes) is 1. The highest BCUT2D eigenvalue weighted by Crippen LogP contribution is 2.20. The van der Waals surface area contributed by atoms with Gasteiger partial charge in [0.1, 0.15) is 25.3 Å². The lowest BCUT2D eigenvalue weighted by atomic mass is 10.1. The van der Waals surface area contributed by atoms with Crippen LogP contribution in [0.5, 0.6) is 0 Å². The van der Waals surface area contributed by atoms with Crippen LogP contribution in [0.3, 0.4) is 0 Å². The van der Waals surface area contributed by atoms with Gasteiger partial charge in [0, 0.05) is 6.54 Å². The first-order valence-corrected chi connectivity index (χ1v) is 11.6. The van der Waals surface area contributed by atoms with Crippen molar-refractivity contribution >= 4 is 18.0 Å². The van der Waals surface area contributed by atoms with E-state index in [0.29, 0.717) is 25.8 Å². The first-order chi connectivity index (χ1) is 16.1. The second kappa shape index (κ2) is 12.6. The van der Waals surface area contributed by atoms with E-state index in [-0.39, 0.29) is 19.1 Å². The Morgan fingerprint density at radius 2 is 1.58 bits per heavy atom. The van der Waals surface area contributed by atoms with Gasteiger partial charge in [-0.2, -0.15) is 0 Å². The average molecular weight is 453 g/mol. The third-order valence-corrected chi connectivity index (χ3v) is 5.67. The summed E-state index contributed by atoms with van der Waals surface area (Å²) in [6.07, 6.45) is 2.87. The van der Waals surface area contributed by atoms with Gasteiger partial charge in [0.05, 0.1) is 0 Å². The lowest BCUT2D eigenvalue weighted by molar-refractivity contribution is -0.149. The summed E-state index contributed by atoms with van der Waals surface area (Å²) in [6.45, 7) is 2.77. The van der Waals surface area contributed by atoms with E-state index in [4.69, 9.17) is 9.47 Å². The van der Waals surface area contributed by atoms with Gasteiger partial charge in [-0.3, -0.25) is 9.69 Å². The fraction of sp³-hybridized carbons (Fsp3) is 0.423. The summed E-state index contributed by atoms with van der Waals surface area (Å²) >= 11 is 0. The molecule has 0 radical (unpaired) electrons. The second-order valence-corrected chi connectivity index (χ2v) is 8.19. The molecule has 3 rings (SSSR count). The van der Waals surface area contributed by atoms with Gasteiger partial charge in [-0.15, -0.1) is 0 Å². The Morgan fingerprint density at radius 1 is 0.970 bits per heavy atom. The number of benzene rings is 2. The Balaban J connectivity index is 1.56. The van der Waals surface area contributed by atoms with Crippen LogP contribution in [0.4, 0.5) is 4.79 Å². The van der Waals surface area contributed by atoms with Crippen LogP contribution >= 0.6 is 0 Å². The molecule has 176 valence electrons. The van der Waals surface area contributed by atoms with Crippen molar-refractivity contribution in [2.45, 2.75) is 64.3 Å². The van der Waals surface area contributed by atoms with Crippen molar-refractivity contribution in [2.75, 3.05) is 6.54 Å². The molecule has 33 heavy (non-hydrogen) atoms. The van der Waals surface area contributed by atoms with Crippen LogP contribution in [0, 0.1) is 0 Å². The van der Waals surface area contributed by atoms with Crippen LogP contribution < -0.4 is 5.32 Å². The Morgan fingerprint density at radius 3 is 2.18 bits per heavy atom. The summed E-state index contributed by atoms with van der Waals surface area (Å²) in [5, 5.41) is 2.83. The molecule has 2 atom stereocenters. The maximum atomic E-state index is 13.0. The number of nitrogens with zero attached hydrogens (tertiary/aromatic N) is 1. The van der Waals surface area contributed by atoms with Crippen LogP contribution in [0.2, 0.25) is 0 Å². The zero-order valence-electron chi connectivity index (χ0n) is 19.1. The zero-order valence-corrected chi connectivity index (χ0v) is 19.1. The first-order valence-electron chi connectivity index (χ1n) is 11.6. The molecule has 0 spiro atoms. The van der Waals surface area contributed by atoms with Crippen LogP contribution in [0.25, 0.3) is 0 Å². The maximum Gasteiger partial charge on any atom is 0.410 e. The fourth-order valence-corrected chi connectivity index (χ4v) is 3.81. The maximum absolute atomic E-state index is 13.0. The van der Waals surface area contributed by atoms with Gasteiger partial charge in [-0.1, -0.05) is 80.4 Å². The van der Waals surface area contributed by atoms with Crippen LogP contribution in [-0.2, 0) is 32.3 Å². The van der Waals surface area contributed by atoms with Gasteiger partial charge < -0.3 is 14.8 Å². The summed E-state index contributed by atoms with van der Waals surface area (Å²) in [5.74, 6) is -0.807. The molecule has 7 heteroatoms. The van der Waals surface area contributed by atoms with Crippen molar-refractivity contribution in [1.82, 2.24) is 10.2 Å². The van der Waals surface area contributed by atoms with Crippen LogP contribution in [0.15, 0.2) is 60.7 Å². The van der Waals surface area contributed by atoms with E-state index in [1.807, 2.05) is 67.6 Å². The lowest BCUT2D eigenvalue weighted by Gasteiger charge is -2.25. The predicted octanol–water partition coefficient (Wildman–Crippen LogP) is 4.21. The predicted molar refractivity (Wildman–Crippen MR) is 124 cm³/mol. The van der Waals surface area contributed by atoms with E-state index in [2.05, 4.69) is 5.32 Å². The number of rotatable bonds is 10. The van der Waals surface area contributed by atoms with Crippen LogP contribution in [-0.4, -0.2) is 41.5 Å². The molecule has 2 aromatic carbocycles. The van der Waals surface area contributed by atoms with E-state index in [9.17, 15) is 14.4 Å². The molecule has 7 nitrogen and oxygen atoms in total. The van der Waals surface area contributed by atoms with Crippen molar-refractivity contribution < 1.29 is 23.9 Å². The monoisotopic (exact) mass is 452 g/mol. The first kappa shape index (κ1) is 24.3. The Kier molecular flexibility index (Phi) is 9.30. The number of likely N-dealkylation sites (tertiary alicyclic amines) is 1. The Hall–Kier alpha value is -3.35. The molecule has 0 bridgehead atoms. The molecular weight excluding hydrogens is 420 g/mol. The van der Waals surface area contributed by atoms with E-state index in [1.165, 1.54) is 4.90 Å². The second-order valence-electron chi connectivity index (χ2n) is 8.19. The van der Waals surface area contributed by atoms with Gasteiger partial charge in [-0.05, 0) is 30.4 Å². The van der Waals surface area contributed by atoms with Gasteiger partial charge in [0.25, 0.3) is 0 Å². The quantitative estimate of drug-likeness (QED) is 0.546. The number of hydrogen-bond donors (Lipinski definition) is 1.